The number of rotatable bonds is 7. The molecule has 0 bridgehead atoms. The smallest absolute Gasteiger partial charge is 0.416 e. The Balaban J connectivity index is 1.70. The molecule has 0 aliphatic carbocycles. The Morgan fingerprint density at radius 1 is 1.36 bits per heavy atom. The molecule has 1 aliphatic rings. The third-order valence-corrected chi connectivity index (χ3v) is 6.26. The molecule has 0 saturated carbocycles. The fourth-order valence-electron chi connectivity index (χ4n) is 3.12. The average molecular weight is 492 g/mol. The topological polar surface area (TPSA) is 123 Å². The van der Waals surface area contributed by atoms with Crippen molar-refractivity contribution in [1.82, 2.24) is 14.0 Å². The van der Waals surface area contributed by atoms with Gasteiger partial charge in [0.05, 0.1) is 25.4 Å². The molecular weight excluding hydrogens is 469 g/mol. The zero-order valence-electron chi connectivity index (χ0n) is 17.8. The molecule has 1 saturated heterocycles. The fraction of sp³-hybridized carbons (Fsp3) is 0.474. The molecule has 33 heavy (non-hydrogen) atoms. The lowest BCUT2D eigenvalue weighted by atomic mass is 10.1. The van der Waals surface area contributed by atoms with Crippen LogP contribution in [0.1, 0.15) is 21.6 Å². The summed E-state index contributed by atoms with van der Waals surface area (Å²) < 4.78 is 82.7. The Morgan fingerprint density at radius 3 is 2.82 bits per heavy atom. The summed E-state index contributed by atoms with van der Waals surface area (Å²) in [4.78, 5) is 16.3. The van der Waals surface area contributed by atoms with E-state index in [0.29, 0.717) is 12.2 Å². The highest BCUT2D eigenvalue weighted by Crippen LogP contribution is 2.33. The number of benzene rings is 1. The van der Waals surface area contributed by atoms with E-state index < -0.39 is 27.9 Å². The van der Waals surface area contributed by atoms with E-state index in [0.717, 1.165) is 22.7 Å². The van der Waals surface area contributed by atoms with E-state index in [4.69, 9.17) is 13.9 Å². The Labute approximate surface area is 188 Å². The van der Waals surface area contributed by atoms with Gasteiger partial charge in [-0.3, -0.25) is 4.79 Å². The summed E-state index contributed by atoms with van der Waals surface area (Å²) in [5.41, 5.74) is -0.701. The monoisotopic (exact) mass is 492 g/mol. The van der Waals surface area contributed by atoms with Crippen LogP contribution in [-0.4, -0.2) is 63.6 Å². The molecule has 2 aromatic rings. The zero-order valence-corrected chi connectivity index (χ0v) is 18.6. The molecule has 1 atom stereocenters. The van der Waals surface area contributed by atoms with Crippen molar-refractivity contribution in [3.63, 3.8) is 0 Å². The normalized spacial score (nSPS) is 18.0. The van der Waals surface area contributed by atoms with Crippen LogP contribution in [-0.2, 0) is 25.9 Å². The number of amides is 1. The number of hydrogen-bond donors (Lipinski definition) is 2. The first-order valence-electron chi connectivity index (χ1n) is 9.79. The van der Waals surface area contributed by atoms with Crippen LogP contribution in [0.4, 0.5) is 24.9 Å². The minimum absolute atomic E-state index is 0.0449. The molecule has 0 spiro atoms. The molecule has 14 heteroatoms. The van der Waals surface area contributed by atoms with Gasteiger partial charge in [0.2, 0.25) is 0 Å². The molecule has 1 aromatic heterocycles. The number of alkyl halides is 3. The van der Waals surface area contributed by atoms with Crippen molar-refractivity contribution in [2.24, 2.45) is 5.92 Å². The summed E-state index contributed by atoms with van der Waals surface area (Å²) >= 11 is 0. The molecule has 3 rings (SSSR count). The maximum atomic E-state index is 13.0. The number of nitrogens with one attached hydrogen (secondary N) is 2. The van der Waals surface area contributed by atoms with E-state index in [2.05, 4.69) is 10.3 Å². The highest BCUT2D eigenvalue weighted by Gasteiger charge is 2.32. The maximum absolute atomic E-state index is 13.0. The minimum Gasteiger partial charge on any atom is -0.431 e. The third-order valence-electron chi connectivity index (χ3n) is 4.81. The first-order chi connectivity index (χ1) is 15.5. The molecule has 2 N–H and O–H groups in total. The summed E-state index contributed by atoms with van der Waals surface area (Å²) in [5, 5.41) is 2.57. The van der Waals surface area contributed by atoms with Crippen LogP contribution in [0.15, 0.2) is 28.9 Å². The standard InChI is InChI=1S/C19H23F3N4O6S/c1-12-3-4-14(19(20,21)22)7-15(12)23-18-24-16(11-32-18)17(27)25-33(28,29)26-5-6-31-10-13(8-26)9-30-2/h3-4,7,11,13H,5-6,8-10H2,1-2H3,(H,23,24)(H,25,27). The second kappa shape index (κ2) is 10.1. The number of anilines is 2. The summed E-state index contributed by atoms with van der Waals surface area (Å²) in [6.45, 7) is 2.48. The third kappa shape index (κ3) is 6.43. The summed E-state index contributed by atoms with van der Waals surface area (Å²) in [7, 11) is -2.72. The van der Waals surface area contributed by atoms with Gasteiger partial charge in [-0.25, -0.2) is 4.72 Å². The van der Waals surface area contributed by atoms with E-state index in [1.165, 1.54) is 13.2 Å². The number of hydrogen-bond acceptors (Lipinski definition) is 8. The Kier molecular flexibility index (Phi) is 7.62. The Hall–Kier alpha value is -2.68. The molecule has 1 fully saturated rings. The van der Waals surface area contributed by atoms with Gasteiger partial charge in [-0.15, -0.1) is 0 Å². The first kappa shape index (κ1) is 25.0. The van der Waals surface area contributed by atoms with Gasteiger partial charge in [0.1, 0.15) is 6.26 Å². The molecule has 1 aromatic carbocycles. The van der Waals surface area contributed by atoms with Crippen LogP contribution in [0.2, 0.25) is 0 Å². The van der Waals surface area contributed by atoms with Gasteiger partial charge in [0.25, 0.3) is 11.9 Å². The van der Waals surface area contributed by atoms with Gasteiger partial charge in [-0.05, 0) is 24.6 Å². The summed E-state index contributed by atoms with van der Waals surface area (Å²) in [6, 6.07) is 2.81. The number of aromatic nitrogens is 1. The van der Waals surface area contributed by atoms with E-state index in [9.17, 15) is 26.4 Å². The molecule has 10 nitrogen and oxygen atoms in total. The zero-order chi connectivity index (χ0) is 24.2. The number of carbonyl (C=O) groups is 1. The molecule has 1 unspecified atom stereocenters. The second-order valence-electron chi connectivity index (χ2n) is 7.38. The summed E-state index contributed by atoms with van der Waals surface area (Å²) in [6.07, 6.45) is -3.64. The van der Waals surface area contributed by atoms with Crippen LogP contribution in [0.5, 0.6) is 0 Å². The van der Waals surface area contributed by atoms with Crippen LogP contribution in [0.25, 0.3) is 0 Å². The molecule has 2 heterocycles. The predicted molar refractivity (Wildman–Crippen MR) is 110 cm³/mol. The van der Waals surface area contributed by atoms with Crippen molar-refractivity contribution in [3.05, 3.63) is 41.3 Å². The maximum Gasteiger partial charge on any atom is 0.416 e. The molecule has 1 amide bonds. The lowest BCUT2D eigenvalue weighted by Gasteiger charge is -2.22. The second-order valence-corrected chi connectivity index (χ2v) is 9.05. The van der Waals surface area contributed by atoms with Crippen molar-refractivity contribution < 1.29 is 40.3 Å². The van der Waals surface area contributed by atoms with Gasteiger partial charge >= 0.3 is 16.4 Å². The Bertz CT molecular complexity index is 1090. The Morgan fingerprint density at radius 2 is 2.12 bits per heavy atom. The largest absolute Gasteiger partial charge is 0.431 e. The molecule has 182 valence electrons. The molecular formula is C19H23F3N4O6S. The van der Waals surface area contributed by atoms with Crippen molar-refractivity contribution in [2.75, 3.05) is 45.3 Å². The van der Waals surface area contributed by atoms with E-state index >= 15 is 0 Å². The highest BCUT2D eigenvalue weighted by molar-refractivity contribution is 7.87. The average Bonchev–Trinajstić information content (AvgIpc) is 3.06. The van der Waals surface area contributed by atoms with E-state index in [1.54, 1.807) is 6.92 Å². The van der Waals surface area contributed by atoms with Crippen LogP contribution < -0.4 is 10.0 Å². The fourth-order valence-corrected chi connectivity index (χ4v) is 4.31. The summed E-state index contributed by atoms with van der Waals surface area (Å²) in [5.74, 6) is -1.26. The van der Waals surface area contributed by atoms with Gasteiger partial charge < -0.3 is 19.2 Å². The number of nitrogens with zero attached hydrogens (tertiary/aromatic N) is 2. The van der Waals surface area contributed by atoms with Crippen molar-refractivity contribution in [1.29, 1.82) is 0 Å². The lowest BCUT2D eigenvalue weighted by Crippen LogP contribution is -2.46. The van der Waals surface area contributed by atoms with Crippen molar-refractivity contribution >= 4 is 27.8 Å². The molecule has 1 aliphatic heterocycles. The van der Waals surface area contributed by atoms with Gasteiger partial charge in [-0.2, -0.15) is 30.9 Å². The number of aryl methyl sites for hydroxylation is 1. The minimum atomic E-state index is -4.54. The predicted octanol–water partition coefficient (Wildman–Crippen LogP) is 2.31. The number of oxazole rings is 1. The van der Waals surface area contributed by atoms with Crippen molar-refractivity contribution in [2.45, 2.75) is 13.1 Å². The number of ether oxygens (including phenoxy) is 2. The van der Waals surface area contributed by atoms with Crippen LogP contribution in [0.3, 0.4) is 0 Å². The highest BCUT2D eigenvalue weighted by atomic mass is 32.2. The van der Waals surface area contributed by atoms with Crippen LogP contribution >= 0.6 is 0 Å². The van der Waals surface area contributed by atoms with Gasteiger partial charge in [0, 0.05) is 31.8 Å². The number of halogens is 3. The molecule has 0 radical (unpaired) electrons. The van der Waals surface area contributed by atoms with Crippen molar-refractivity contribution in [3.8, 4) is 0 Å². The van der Waals surface area contributed by atoms with E-state index in [1.807, 2.05) is 4.72 Å². The van der Waals surface area contributed by atoms with E-state index in [-0.39, 0.29) is 49.6 Å². The van der Waals surface area contributed by atoms with Gasteiger partial charge in [0.15, 0.2) is 5.69 Å². The lowest BCUT2D eigenvalue weighted by molar-refractivity contribution is -0.137. The SMILES string of the molecule is COCC1COCCN(S(=O)(=O)NC(=O)c2coc(Nc3cc(C(F)(F)F)ccc3C)n2)C1. The first-order valence-corrected chi connectivity index (χ1v) is 11.2. The number of methoxy groups -OCH3 is 1. The number of carbonyl (C=O) groups excluding carboxylic acids is 1. The van der Waals surface area contributed by atoms with Crippen LogP contribution in [0, 0.1) is 12.8 Å². The van der Waals surface area contributed by atoms with Gasteiger partial charge in [-0.1, -0.05) is 6.07 Å². The quantitative estimate of drug-likeness (QED) is 0.604.